The van der Waals surface area contributed by atoms with Gasteiger partial charge < -0.3 is 40.0 Å². The van der Waals surface area contributed by atoms with Gasteiger partial charge in [0, 0.05) is 123 Å². The normalized spacial score (nSPS) is 16.3. The van der Waals surface area contributed by atoms with Crippen LogP contribution >= 0.6 is 35.0 Å². The number of urea groups is 2. The Bertz CT molecular complexity index is 2320. The van der Waals surface area contributed by atoms with Crippen molar-refractivity contribution in [3.05, 3.63) is 105 Å². The number of amides is 6. The zero-order chi connectivity index (χ0) is 44.0. The van der Waals surface area contributed by atoms with Crippen molar-refractivity contribution in [2.24, 2.45) is 0 Å². The summed E-state index contributed by atoms with van der Waals surface area (Å²) in [6, 6.07) is 19.0. The molecule has 14 nitrogen and oxygen atoms in total. The SMILES string of the molecule is CNC(=O)N1CCN(C(=O)C=Cc2ccc(Sc3ccc(C=CC(=O)N4CCN(C(=O)NC)CC4)c(-c4ccc5c(c4)CCOO5)c3Cl)c(Cl)c2-c2ccc3c(c2)CCOO3)CC1. The van der Waals surface area contributed by atoms with Crippen molar-refractivity contribution < 1.29 is 38.7 Å². The fourth-order valence-corrected chi connectivity index (χ4v) is 9.62. The summed E-state index contributed by atoms with van der Waals surface area (Å²) in [6.45, 7) is 4.28. The number of benzene rings is 4. The number of hydrogen-bond acceptors (Lipinski definition) is 9. The standard InChI is InChI=1S/C46H46Cl2N6O8S/c1-49-45(57)53-21-17-51(18-22-53)39(55)13-7-29-5-11-37(43(47)41(29)33-3-9-35-31(27-33)15-25-59-61-35)63-38-12-6-30(8-14-40(56)52-19-23-54(24-20-52)46(58)50-2)42(44(38)48)34-4-10-36-32(28-34)16-26-60-62-36/h3-14,27-28H,15-26H2,1-2H3,(H,49,57)(H,50,58). The van der Waals surface area contributed by atoms with Crippen LogP contribution in [0.25, 0.3) is 34.4 Å². The van der Waals surface area contributed by atoms with E-state index in [1.54, 1.807) is 58.0 Å². The molecule has 4 aromatic rings. The molecule has 63 heavy (non-hydrogen) atoms. The first-order chi connectivity index (χ1) is 30.6. The minimum absolute atomic E-state index is 0.162. The van der Waals surface area contributed by atoms with Crippen molar-refractivity contribution in [2.45, 2.75) is 22.6 Å². The van der Waals surface area contributed by atoms with Crippen molar-refractivity contribution in [1.82, 2.24) is 30.2 Å². The topological polar surface area (TPSA) is 142 Å². The highest BCUT2D eigenvalue weighted by atomic mass is 35.5. The third kappa shape index (κ3) is 9.77. The van der Waals surface area contributed by atoms with Crippen LogP contribution in [0, 0.1) is 0 Å². The summed E-state index contributed by atoms with van der Waals surface area (Å²) in [5.74, 6) is 0.941. The highest BCUT2D eigenvalue weighted by Crippen LogP contribution is 2.47. The molecule has 0 bridgehead atoms. The van der Waals surface area contributed by atoms with Gasteiger partial charge in [-0.1, -0.05) is 59.2 Å². The lowest BCUT2D eigenvalue weighted by Crippen LogP contribution is -2.52. The Hall–Kier alpha value is -5.71. The minimum atomic E-state index is -0.164. The highest BCUT2D eigenvalue weighted by molar-refractivity contribution is 7.99. The Kier molecular flexibility index (Phi) is 13.8. The fourth-order valence-electron chi connectivity index (χ4n) is 7.93. The van der Waals surface area contributed by atoms with Crippen LogP contribution in [0.5, 0.6) is 11.5 Å². The summed E-state index contributed by atoms with van der Waals surface area (Å²) in [5.41, 5.74) is 6.55. The third-order valence-corrected chi connectivity index (χ3v) is 13.5. The second kappa shape index (κ2) is 19.8. The average molecular weight is 914 g/mol. The van der Waals surface area contributed by atoms with E-state index in [9.17, 15) is 19.2 Å². The third-order valence-electron chi connectivity index (χ3n) is 11.4. The van der Waals surface area contributed by atoms with Crippen LogP contribution in [0.1, 0.15) is 22.3 Å². The first-order valence-electron chi connectivity index (χ1n) is 20.7. The van der Waals surface area contributed by atoms with Gasteiger partial charge in [0.1, 0.15) is 0 Å². The Morgan fingerprint density at radius 2 is 0.968 bits per heavy atom. The van der Waals surface area contributed by atoms with Gasteiger partial charge in [-0.15, -0.1) is 0 Å². The molecule has 4 aliphatic rings. The molecule has 0 unspecified atom stereocenters. The van der Waals surface area contributed by atoms with Crippen LogP contribution in [0.15, 0.2) is 82.6 Å². The van der Waals surface area contributed by atoms with Gasteiger partial charge in [-0.2, -0.15) is 9.78 Å². The maximum atomic E-state index is 13.4. The summed E-state index contributed by atoms with van der Waals surface area (Å²) in [7, 11) is 3.19. The van der Waals surface area contributed by atoms with E-state index in [4.69, 9.17) is 42.8 Å². The largest absolute Gasteiger partial charge is 0.341 e. The zero-order valence-corrected chi connectivity index (χ0v) is 37.1. The minimum Gasteiger partial charge on any atom is -0.341 e. The van der Waals surface area contributed by atoms with Gasteiger partial charge in [0.15, 0.2) is 11.5 Å². The molecule has 6 amide bonds. The van der Waals surface area contributed by atoms with Gasteiger partial charge in [-0.3, -0.25) is 9.59 Å². The summed E-state index contributed by atoms with van der Waals surface area (Å²) >= 11 is 16.3. The Labute approximate surface area is 379 Å². The number of piperazine rings is 2. The fraction of sp³-hybridized carbons (Fsp3) is 0.304. The van der Waals surface area contributed by atoms with Crippen molar-refractivity contribution in [3.8, 4) is 33.8 Å². The van der Waals surface area contributed by atoms with Gasteiger partial charge in [-0.25, -0.2) is 9.59 Å². The van der Waals surface area contributed by atoms with E-state index in [1.165, 1.54) is 11.8 Å². The molecule has 17 heteroatoms. The van der Waals surface area contributed by atoms with Gasteiger partial charge in [-0.05, 0) is 70.8 Å². The molecule has 0 radical (unpaired) electrons. The van der Waals surface area contributed by atoms with E-state index < -0.39 is 0 Å². The van der Waals surface area contributed by atoms with E-state index in [0.29, 0.717) is 100.0 Å². The lowest BCUT2D eigenvalue weighted by Gasteiger charge is -2.33. The highest BCUT2D eigenvalue weighted by Gasteiger charge is 2.26. The van der Waals surface area contributed by atoms with Gasteiger partial charge >= 0.3 is 12.1 Å². The molecule has 4 heterocycles. The molecule has 0 aromatic heterocycles. The summed E-state index contributed by atoms with van der Waals surface area (Å²) < 4.78 is 0. The second-order valence-electron chi connectivity index (χ2n) is 15.1. The molecule has 328 valence electrons. The number of fused-ring (bicyclic) bond motifs is 2. The van der Waals surface area contributed by atoms with Crippen LogP contribution in [-0.2, 0) is 32.2 Å². The Morgan fingerprint density at radius 1 is 0.571 bits per heavy atom. The molecule has 2 fully saturated rings. The van der Waals surface area contributed by atoms with E-state index >= 15 is 0 Å². The molecule has 2 N–H and O–H groups in total. The van der Waals surface area contributed by atoms with Crippen LogP contribution in [-0.4, -0.2) is 123 Å². The maximum absolute atomic E-state index is 13.4. The van der Waals surface area contributed by atoms with E-state index in [1.807, 2.05) is 60.7 Å². The van der Waals surface area contributed by atoms with Gasteiger partial charge in [0.05, 0.1) is 23.3 Å². The zero-order valence-electron chi connectivity index (χ0n) is 34.8. The number of rotatable bonds is 8. The monoisotopic (exact) mass is 912 g/mol. The van der Waals surface area contributed by atoms with Crippen LogP contribution in [0.2, 0.25) is 10.0 Å². The maximum Gasteiger partial charge on any atom is 0.317 e. The number of nitrogens with zero attached hydrogens (tertiary/aromatic N) is 4. The number of hydrogen-bond donors (Lipinski definition) is 2. The molecule has 2 saturated heterocycles. The summed E-state index contributed by atoms with van der Waals surface area (Å²) in [4.78, 5) is 80.7. The van der Waals surface area contributed by atoms with Crippen LogP contribution in [0.3, 0.4) is 0 Å². The smallest absolute Gasteiger partial charge is 0.317 e. The molecule has 4 aliphatic heterocycles. The first kappa shape index (κ1) is 43.9. The van der Waals surface area contributed by atoms with E-state index in [2.05, 4.69) is 10.6 Å². The summed E-state index contributed by atoms with van der Waals surface area (Å²) in [6.07, 6.45) is 7.97. The van der Waals surface area contributed by atoms with Gasteiger partial charge in [0.2, 0.25) is 11.8 Å². The molecular weight excluding hydrogens is 868 g/mol. The number of halogens is 2. The molecular formula is C46H46Cl2N6O8S. The van der Waals surface area contributed by atoms with Crippen molar-refractivity contribution >= 4 is 71.0 Å². The molecule has 4 aromatic carbocycles. The molecule has 8 rings (SSSR count). The predicted octanol–water partition coefficient (Wildman–Crippen LogP) is 7.21. The average Bonchev–Trinajstić information content (AvgIpc) is 3.33. The molecule has 0 saturated carbocycles. The van der Waals surface area contributed by atoms with Crippen LogP contribution < -0.4 is 20.4 Å². The molecule has 0 spiro atoms. The quantitative estimate of drug-likeness (QED) is 0.139. The number of nitrogens with one attached hydrogen (secondary N) is 2. The number of carbonyl (C=O) groups is 4. The first-order valence-corrected chi connectivity index (χ1v) is 22.2. The lowest BCUT2D eigenvalue weighted by atomic mass is 9.96. The predicted molar refractivity (Wildman–Crippen MR) is 242 cm³/mol. The van der Waals surface area contributed by atoms with Gasteiger partial charge in [0.25, 0.3) is 0 Å². The van der Waals surface area contributed by atoms with Crippen molar-refractivity contribution in [3.63, 3.8) is 0 Å². The Morgan fingerprint density at radius 3 is 1.37 bits per heavy atom. The van der Waals surface area contributed by atoms with Crippen LogP contribution in [0.4, 0.5) is 9.59 Å². The summed E-state index contributed by atoms with van der Waals surface area (Å²) in [5, 5.41) is 6.22. The van der Waals surface area contributed by atoms with Crippen molar-refractivity contribution in [1.29, 1.82) is 0 Å². The lowest BCUT2D eigenvalue weighted by molar-refractivity contribution is -0.215. The Balaban J connectivity index is 1.12. The molecule has 0 atom stereocenters. The second-order valence-corrected chi connectivity index (χ2v) is 17.0. The van der Waals surface area contributed by atoms with E-state index in [-0.39, 0.29) is 23.9 Å². The van der Waals surface area contributed by atoms with E-state index in [0.717, 1.165) is 54.3 Å². The van der Waals surface area contributed by atoms with Crippen molar-refractivity contribution in [2.75, 3.05) is 79.7 Å². The number of carbonyl (C=O) groups excluding carboxylic acids is 4. The molecule has 0 aliphatic carbocycles.